The minimum Gasteiger partial charge on any atom is -0.462 e. The molecule has 0 unspecified atom stereocenters. The van der Waals surface area contributed by atoms with Gasteiger partial charge >= 0.3 is 23.9 Å². The average Bonchev–Trinajstić information content (AvgIpc) is 3.09. The van der Waals surface area contributed by atoms with Crippen LogP contribution in [0.4, 0.5) is 4.39 Å². The second-order valence-electron chi connectivity index (χ2n) is 10.7. The zero-order valence-corrected chi connectivity index (χ0v) is 28.3. The van der Waals surface area contributed by atoms with Crippen LogP contribution in [0, 0.1) is 17.7 Å². The highest BCUT2D eigenvalue weighted by molar-refractivity contribution is 5.92. The Balaban J connectivity index is 2.02. The molecule has 0 spiro atoms. The van der Waals surface area contributed by atoms with E-state index in [9.17, 15) is 19.2 Å². The van der Waals surface area contributed by atoms with Crippen LogP contribution in [0.1, 0.15) is 38.8 Å². The molecule has 0 saturated carbocycles. The summed E-state index contributed by atoms with van der Waals surface area (Å²) in [5.41, 5.74) is 0.805. The molecule has 0 amide bonds. The van der Waals surface area contributed by atoms with E-state index in [0.717, 1.165) is 18.8 Å². The van der Waals surface area contributed by atoms with Crippen molar-refractivity contribution in [3.05, 3.63) is 145 Å². The van der Waals surface area contributed by atoms with Gasteiger partial charge in [0.1, 0.15) is 42.3 Å². The maximum Gasteiger partial charge on any atom is 0.338 e. The zero-order valence-electron chi connectivity index (χ0n) is 28.3. The van der Waals surface area contributed by atoms with E-state index < -0.39 is 35.4 Å². The number of halogens is 1. The summed E-state index contributed by atoms with van der Waals surface area (Å²) in [6.07, 6.45) is 4.40. The zero-order chi connectivity index (χ0) is 37.7. The van der Waals surface area contributed by atoms with Crippen molar-refractivity contribution >= 4 is 23.9 Å². The van der Waals surface area contributed by atoms with Crippen LogP contribution in [0.2, 0.25) is 0 Å². The third kappa shape index (κ3) is 11.3. The Kier molecular flexibility index (Phi) is 13.6. The Morgan fingerprint density at radius 2 is 1.06 bits per heavy atom. The molecular weight excluding hydrogens is 659 g/mol. The van der Waals surface area contributed by atoms with Crippen LogP contribution in [0.5, 0.6) is 23.0 Å². The Hall–Kier alpha value is -6.93. The number of rotatable bonds is 13. The molecule has 11 heteroatoms. The van der Waals surface area contributed by atoms with Gasteiger partial charge in [0.2, 0.25) is 0 Å². The fraction of sp³-hybridized carbons (Fsp3) is 0.100. The van der Waals surface area contributed by atoms with E-state index in [4.69, 9.17) is 28.4 Å². The molecule has 260 valence electrons. The maximum atomic E-state index is 16.5. The molecule has 0 radical (unpaired) electrons. The summed E-state index contributed by atoms with van der Waals surface area (Å²) in [7, 11) is 0. The molecule has 10 nitrogen and oxygen atoms in total. The van der Waals surface area contributed by atoms with E-state index in [-0.39, 0.29) is 50.5 Å². The van der Waals surface area contributed by atoms with Crippen molar-refractivity contribution in [2.45, 2.75) is 27.7 Å². The Bertz CT molecular complexity index is 2020. The molecule has 0 saturated heterocycles. The molecule has 0 aliphatic heterocycles. The topological polar surface area (TPSA) is 124 Å². The van der Waals surface area contributed by atoms with Crippen molar-refractivity contribution in [2.75, 3.05) is 0 Å². The molecule has 0 heterocycles. The summed E-state index contributed by atoms with van der Waals surface area (Å²) in [4.78, 5) is 48.2. The molecule has 0 N–H and O–H groups in total. The van der Waals surface area contributed by atoms with Gasteiger partial charge in [0.05, 0.1) is 11.1 Å². The molecule has 0 fully saturated rings. The van der Waals surface area contributed by atoms with Gasteiger partial charge in [-0.3, -0.25) is 0 Å². The molecular formula is C40H33FO10. The number of hydrogen-bond donors (Lipinski definition) is 0. The van der Waals surface area contributed by atoms with E-state index in [1.807, 2.05) is 0 Å². The lowest BCUT2D eigenvalue weighted by atomic mass is 10.00. The highest BCUT2D eigenvalue weighted by Gasteiger charge is 2.25. The molecule has 3 aromatic rings. The van der Waals surface area contributed by atoms with Crippen LogP contribution in [0.25, 0.3) is 11.1 Å². The van der Waals surface area contributed by atoms with Crippen LogP contribution in [-0.2, 0) is 28.7 Å². The van der Waals surface area contributed by atoms with Gasteiger partial charge in [-0.25, -0.2) is 23.6 Å². The summed E-state index contributed by atoms with van der Waals surface area (Å²) < 4.78 is 47.9. The fourth-order valence-corrected chi connectivity index (χ4v) is 3.57. The van der Waals surface area contributed by atoms with Gasteiger partial charge in [-0.05, 0) is 69.7 Å². The molecule has 0 bridgehead atoms. The molecule has 3 aromatic carbocycles. The minimum absolute atomic E-state index is 0.00448. The number of carbonyl (C=O) groups is 4. The first-order valence-electron chi connectivity index (χ1n) is 14.9. The van der Waals surface area contributed by atoms with Crippen molar-refractivity contribution in [1.82, 2.24) is 0 Å². The number of esters is 4. The normalized spacial score (nSPS) is 10.4. The number of ether oxygens (including phenoxy) is 6. The van der Waals surface area contributed by atoms with E-state index in [1.54, 1.807) is 24.3 Å². The van der Waals surface area contributed by atoms with E-state index in [2.05, 4.69) is 38.2 Å². The van der Waals surface area contributed by atoms with E-state index in [1.165, 1.54) is 64.3 Å². The highest BCUT2D eigenvalue weighted by Crippen LogP contribution is 2.41. The first-order chi connectivity index (χ1) is 24.2. The lowest BCUT2D eigenvalue weighted by Crippen LogP contribution is -2.13. The van der Waals surface area contributed by atoms with Gasteiger partial charge in [-0.15, -0.1) is 0 Å². The van der Waals surface area contributed by atoms with Crippen LogP contribution < -0.4 is 18.9 Å². The lowest BCUT2D eigenvalue weighted by molar-refractivity contribution is -0.134. The molecule has 0 aliphatic rings. The van der Waals surface area contributed by atoms with Crippen molar-refractivity contribution in [2.24, 2.45) is 0 Å². The number of benzene rings is 3. The first-order valence-corrected chi connectivity index (χ1v) is 14.9. The van der Waals surface area contributed by atoms with Gasteiger partial charge < -0.3 is 28.4 Å². The largest absolute Gasteiger partial charge is 0.462 e. The summed E-state index contributed by atoms with van der Waals surface area (Å²) in [6, 6.07) is 13.5. The van der Waals surface area contributed by atoms with Gasteiger partial charge in [0.25, 0.3) is 0 Å². The van der Waals surface area contributed by atoms with Crippen LogP contribution in [0.3, 0.4) is 0 Å². The van der Waals surface area contributed by atoms with Gasteiger partial charge in [-0.2, -0.15) is 0 Å². The Morgan fingerprint density at radius 3 is 1.53 bits per heavy atom. The Labute approximate surface area is 294 Å². The summed E-state index contributed by atoms with van der Waals surface area (Å²) in [5, 5.41) is 0. The maximum absolute atomic E-state index is 16.5. The monoisotopic (exact) mass is 692 g/mol. The van der Waals surface area contributed by atoms with Crippen molar-refractivity contribution in [3.8, 4) is 46.0 Å². The van der Waals surface area contributed by atoms with Crippen molar-refractivity contribution in [3.63, 3.8) is 0 Å². The highest BCUT2D eigenvalue weighted by atomic mass is 19.1. The second-order valence-corrected chi connectivity index (χ2v) is 10.7. The van der Waals surface area contributed by atoms with Gasteiger partial charge in [0.15, 0.2) is 11.6 Å². The smallest absolute Gasteiger partial charge is 0.338 e. The molecule has 51 heavy (non-hydrogen) atoms. The van der Waals surface area contributed by atoms with Crippen LogP contribution in [0.15, 0.2) is 128 Å². The average molecular weight is 693 g/mol. The lowest BCUT2D eigenvalue weighted by Gasteiger charge is -2.16. The predicted octanol–water partition coefficient (Wildman–Crippen LogP) is 7.79. The Morgan fingerprint density at radius 1 is 0.608 bits per heavy atom. The molecule has 0 aromatic heterocycles. The third-order valence-electron chi connectivity index (χ3n) is 6.18. The van der Waals surface area contributed by atoms with Crippen LogP contribution >= 0.6 is 0 Å². The van der Waals surface area contributed by atoms with Gasteiger partial charge in [-0.1, -0.05) is 50.3 Å². The minimum atomic E-state index is -1.05. The summed E-state index contributed by atoms with van der Waals surface area (Å²) in [6.45, 7) is 19.9. The SMILES string of the molecule is C=C(C)C(=O)OC=COc1ccc(C#Cc2cc(OC(=O)C(=C)C)c(-c3ccc(OC=COC(=O)C(=C)C)cc3)c(F)c2OC(=O)C(=C)C)cc1. The summed E-state index contributed by atoms with van der Waals surface area (Å²) >= 11 is 0. The number of carbonyl (C=O) groups excluding carboxylic acids is 4. The second kappa shape index (κ2) is 18.0. The number of hydrogen-bond acceptors (Lipinski definition) is 10. The molecule has 0 aliphatic carbocycles. The van der Waals surface area contributed by atoms with Crippen LogP contribution in [-0.4, -0.2) is 23.9 Å². The van der Waals surface area contributed by atoms with E-state index >= 15 is 4.39 Å². The van der Waals surface area contributed by atoms with Crippen molar-refractivity contribution in [1.29, 1.82) is 0 Å². The van der Waals surface area contributed by atoms with E-state index in [0.29, 0.717) is 11.3 Å². The molecule has 3 rings (SSSR count). The standard InChI is InChI=1S/C40H33FO10/c1-24(2)37(42)48-21-19-46-31-15-10-28(11-16-31)9-12-30-23-33(50-39(44)26(5)6)34(35(41)36(30)51-40(45)27(7)8)29-13-17-32(18-14-29)47-20-22-49-38(43)25(3)4/h10-11,13-23H,1,3,5,7H2,2,4,6,8H3. The van der Waals surface area contributed by atoms with Gasteiger partial charge in [0, 0.05) is 33.9 Å². The quantitative estimate of drug-likeness (QED) is 0.0577. The summed E-state index contributed by atoms with van der Waals surface area (Å²) in [5.74, 6) is 1.52. The third-order valence-corrected chi connectivity index (χ3v) is 6.18. The molecule has 0 atom stereocenters. The van der Waals surface area contributed by atoms with Crippen molar-refractivity contribution < 1.29 is 52.0 Å². The predicted molar refractivity (Wildman–Crippen MR) is 187 cm³/mol. The fourth-order valence-electron chi connectivity index (χ4n) is 3.57. The first kappa shape index (κ1) is 38.5.